The highest BCUT2D eigenvalue weighted by Gasteiger charge is 2.20. The van der Waals surface area contributed by atoms with E-state index in [0.717, 1.165) is 28.1 Å². The van der Waals surface area contributed by atoms with Crippen molar-refractivity contribution in [2.24, 2.45) is 0 Å². The molecule has 1 heterocycles. The number of rotatable bonds is 5. The molecular formula is C24H21ClN4O2. The van der Waals surface area contributed by atoms with Gasteiger partial charge < -0.3 is 10.1 Å². The van der Waals surface area contributed by atoms with E-state index in [1.165, 1.54) is 0 Å². The van der Waals surface area contributed by atoms with Crippen LogP contribution in [0.2, 0.25) is 5.02 Å². The number of anilines is 1. The van der Waals surface area contributed by atoms with Crippen molar-refractivity contribution in [3.63, 3.8) is 0 Å². The molecule has 6 nitrogen and oxygen atoms in total. The Bertz CT molecular complexity index is 1250. The molecule has 7 heteroatoms. The molecule has 0 unspecified atom stereocenters. The van der Waals surface area contributed by atoms with E-state index in [4.69, 9.17) is 16.3 Å². The van der Waals surface area contributed by atoms with Crippen LogP contribution in [0.5, 0.6) is 5.75 Å². The van der Waals surface area contributed by atoms with Crippen molar-refractivity contribution in [2.45, 2.75) is 13.8 Å². The maximum Gasteiger partial charge on any atom is 0.295 e. The molecule has 0 saturated carbocycles. The minimum Gasteiger partial charge on any atom is -0.497 e. The number of halogens is 1. The molecular weight excluding hydrogens is 412 g/mol. The van der Waals surface area contributed by atoms with Gasteiger partial charge in [-0.1, -0.05) is 41.4 Å². The molecule has 1 aromatic heterocycles. The van der Waals surface area contributed by atoms with Crippen LogP contribution in [0.25, 0.3) is 17.1 Å². The van der Waals surface area contributed by atoms with Crippen LogP contribution < -0.4 is 10.1 Å². The van der Waals surface area contributed by atoms with Crippen LogP contribution in [-0.2, 0) is 0 Å². The monoisotopic (exact) mass is 432 g/mol. The quantitative estimate of drug-likeness (QED) is 0.454. The van der Waals surface area contributed by atoms with Gasteiger partial charge in [-0.3, -0.25) is 4.79 Å². The highest BCUT2D eigenvalue weighted by molar-refractivity contribution is 6.31. The number of aryl methyl sites for hydroxylation is 2. The SMILES string of the molecule is COc1ccc(-n2nc(C(=O)Nc3cc(Cl)ccc3C)nc2-c2cccc(C)c2)cc1. The number of nitrogens with one attached hydrogen (secondary N) is 1. The third-order valence-electron chi connectivity index (χ3n) is 4.85. The van der Waals surface area contributed by atoms with Crippen LogP contribution in [0, 0.1) is 13.8 Å². The fraction of sp³-hybridized carbons (Fsp3) is 0.125. The number of methoxy groups -OCH3 is 1. The number of ether oxygens (including phenoxy) is 1. The Kier molecular flexibility index (Phi) is 5.73. The summed E-state index contributed by atoms with van der Waals surface area (Å²) in [6.07, 6.45) is 0. The van der Waals surface area contributed by atoms with E-state index >= 15 is 0 Å². The average Bonchev–Trinajstić information content (AvgIpc) is 3.22. The van der Waals surface area contributed by atoms with Crippen molar-refractivity contribution in [3.05, 3.63) is 88.7 Å². The maximum absolute atomic E-state index is 13.0. The Morgan fingerprint density at radius 1 is 1.03 bits per heavy atom. The molecule has 3 aromatic carbocycles. The molecule has 1 amide bonds. The molecule has 0 aliphatic carbocycles. The fourth-order valence-electron chi connectivity index (χ4n) is 3.19. The summed E-state index contributed by atoms with van der Waals surface area (Å²) in [5.74, 6) is 0.954. The number of benzene rings is 3. The van der Waals surface area contributed by atoms with Gasteiger partial charge in [-0.05, 0) is 61.9 Å². The summed E-state index contributed by atoms with van der Waals surface area (Å²) < 4.78 is 6.91. The van der Waals surface area contributed by atoms with Crippen LogP contribution in [-0.4, -0.2) is 27.8 Å². The van der Waals surface area contributed by atoms with Crippen molar-refractivity contribution >= 4 is 23.2 Å². The molecule has 1 N–H and O–H groups in total. The topological polar surface area (TPSA) is 69.0 Å². The van der Waals surface area contributed by atoms with Crippen LogP contribution in [0.3, 0.4) is 0 Å². The van der Waals surface area contributed by atoms with Gasteiger partial charge in [-0.15, -0.1) is 5.10 Å². The van der Waals surface area contributed by atoms with Crippen molar-refractivity contribution in [1.82, 2.24) is 14.8 Å². The lowest BCUT2D eigenvalue weighted by molar-refractivity contribution is 0.101. The zero-order valence-corrected chi connectivity index (χ0v) is 18.1. The number of carbonyl (C=O) groups excluding carboxylic acids is 1. The third-order valence-corrected chi connectivity index (χ3v) is 5.09. The smallest absolute Gasteiger partial charge is 0.295 e. The largest absolute Gasteiger partial charge is 0.497 e. The second-order valence-electron chi connectivity index (χ2n) is 7.15. The van der Waals surface area contributed by atoms with Gasteiger partial charge in [-0.25, -0.2) is 9.67 Å². The van der Waals surface area contributed by atoms with Gasteiger partial charge in [0.1, 0.15) is 5.75 Å². The number of nitrogens with zero attached hydrogens (tertiary/aromatic N) is 3. The van der Waals surface area contributed by atoms with Crippen LogP contribution in [0.15, 0.2) is 66.7 Å². The third kappa shape index (κ3) is 4.44. The van der Waals surface area contributed by atoms with E-state index in [2.05, 4.69) is 15.4 Å². The van der Waals surface area contributed by atoms with Gasteiger partial charge in [0.15, 0.2) is 5.82 Å². The molecule has 0 radical (unpaired) electrons. The van der Waals surface area contributed by atoms with Crippen molar-refractivity contribution in [2.75, 3.05) is 12.4 Å². The molecule has 156 valence electrons. The first-order valence-corrected chi connectivity index (χ1v) is 10.1. The lowest BCUT2D eigenvalue weighted by atomic mass is 10.1. The van der Waals surface area contributed by atoms with Crippen molar-refractivity contribution < 1.29 is 9.53 Å². The number of carbonyl (C=O) groups is 1. The first-order chi connectivity index (χ1) is 14.9. The van der Waals surface area contributed by atoms with Crippen LogP contribution in [0.1, 0.15) is 21.7 Å². The molecule has 4 rings (SSSR count). The van der Waals surface area contributed by atoms with Crippen molar-refractivity contribution in [1.29, 1.82) is 0 Å². The summed E-state index contributed by atoms with van der Waals surface area (Å²) in [5.41, 5.74) is 4.23. The molecule has 0 spiro atoms. The highest BCUT2D eigenvalue weighted by atomic mass is 35.5. The number of hydrogen-bond donors (Lipinski definition) is 1. The number of hydrogen-bond acceptors (Lipinski definition) is 4. The molecule has 0 bridgehead atoms. The Morgan fingerprint density at radius 2 is 1.81 bits per heavy atom. The van der Waals surface area contributed by atoms with Crippen LogP contribution >= 0.6 is 11.6 Å². The molecule has 0 aliphatic heterocycles. The van der Waals surface area contributed by atoms with E-state index in [1.54, 1.807) is 23.9 Å². The van der Waals surface area contributed by atoms with E-state index < -0.39 is 5.91 Å². The van der Waals surface area contributed by atoms with E-state index in [1.807, 2.05) is 68.4 Å². The summed E-state index contributed by atoms with van der Waals surface area (Å²) in [7, 11) is 1.61. The Morgan fingerprint density at radius 3 is 2.52 bits per heavy atom. The summed E-state index contributed by atoms with van der Waals surface area (Å²) >= 11 is 6.08. The molecule has 0 aliphatic rings. The van der Waals surface area contributed by atoms with Gasteiger partial charge in [0, 0.05) is 16.3 Å². The number of aromatic nitrogens is 3. The minimum atomic E-state index is -0.411. The molecule has 0 atom stereocenters. The predicted molar refractivity (Wildman–Crippen MR) is 122 cm³/mol. The normalized spacial score (nSPS) is 10.7. The molecule has 4 aromatic rings. The summed E-state index contributed by atoms with van der Waals surface area (Å²) in [6.45, 7) is 3.90. The standard InChI is InChI=1S/C24H21ClN4O2/c1-15-5-4-6-17(13-15)23-27-22(24(30)26-21-14-18(25)8-7-16(21)2)28-29(23)19-9-11-20(31-3)12-10-19/h4-14H,1-3H3,(H,26,30). The Hall–Kier alpha value is -3.64. The lowest BCUT2D eigenvalue weighted by Crippen LogP contribution is -2.15. The Labute approximate surface area is 185 Å². The summed E-state index contributed by atoms with van der Waals surface area (Å²) in [6, 6.07) is 20.7. The van der Waals surface area contributed by atoms with E-state index in [9.17, 15) is 4.79 Å². The van der Waals surface area contributed by atoms with Gasteiger partial charge in [-0.2, -0.15) is 0 Å². The van der Waals surface area contributed by atoms with Gasteiger partial charge in [0.25, 0.3) is 5.91 Å². The fourth-order valence-corrected chi connectivity index (χ4v) is 3.36. The zero-order chi connectivity index (χ0) is 22.0. The van der Waals surface area contributed by atoms with Crippen molar-refractivity contribution in [3.8, 4) is 22.8 Å². The Balaban J connectivity index is 1.76. The van der Waals surface area contributed by atoms with Gasteiger partial charge >= 0.3 is 0 Å². The average molecular weight is 433 g/mol. The second-order valence-corrected chi connectivity index (χ2v) is 7.59. The first-order valence-electron chi connectivity index (χ1n) is 9.70. The summed E-state index contributed by atoms with van der Waals surface area (Å²) in [5, 5.41) is 7.91. The van der Waals surface area contributed by atoms with E-state index in [0.29, 0.717) is 16.5 Å². The summed E-state index contributed by atoms with van der Waals surface area (Å²) in [4.78, 5) is 17.5. The lowest BCUT2D eigenvalue weighted by Gasteiger charge is -2.07. The molecule has 31 heavy (non-hydrogen) atoms. The number of amides is 1. The molecule has 0 fully saturated rings. The first kappa shape index (κ1) is 20.6. The second kappa shape index (κ2) is 8.62. The minimum absolute atomic E-state index is 0.0618. The van der Waals surface area contributed by atoms with E-state index in [-0.39, 0.29) is 5.82 Å². The predicted octanol–water partition coefficient (Wildman–Crippen LogP) is 5.47. The maximum atomic E-state index is 13.0. The van der Waals surface area contributed by atoms with Gasteiger partial charge in [0.2, 0.25) is 5.82 Å². The highest BCUT2D eigenvalue weighted by Crippen LogP contribution is 2.25. The zero-order valence-electron chi connectivity index (χ0n) is 17.4. The van der Waals surface area contributed by atoms with Crippen LogP contribution in [0.4, 0.5) is 5.69 Å². The van der Waals surface area contributed by atoms with Gasteiger partial charge in [0.05, 0.1) is 12.8 Å². The molecule has 0 saturated heterocycles.